The van der Waals surface area contributed by atoms with Crippen molar-refractivity contribution in [2.24, 2.45) is 5.92 Å². The zero-order valence-electron chi connectivity index (χ0n) is 11.1. The molecule has 0 atom stereocenters. The van der Waals surface area contributed by atoms with Crippen molar-refractivity contribution >= 4 is 5.69 Å². The van der Waals surface area contributed by atoms with Gasteiger partial charge in [-0.3, -0.25) is 0 Å². The van der Waals surface area contributed by atoms with Crippen LogP contribution in [0.25, 0.3) is 0 Å². The van der Waals surface area contributed by atoms with Crippen LogP contribution in [-0.2, 0) is 4.74 Å². The van der Waals surface area contributed by atoms with Crippen molar-refractivity contribution in [1.29, 1.82) is 0 Å². The van der Waals surface area contributed by atoms with Crippen LogP contribution >= 0.6 is 0 Å². The van der Waals surface area contributed by atoms with Crippen LogP contribution in [0.3, 0.4) is 0 Å². The summed E-state index contributed by atoms with van der Waals surface area (Å²) in [7, 11) is 0. The summed E-state index contributed by atoms with van der Waals surface area (Å²) < 4.78 is 11.4. The second-order valence-electron chi connectivity index (χ2n) is 5.17. The average Bonchev–Trinajstić information content (AvgIpc) is 2.39. The second kappa shape index (κ2) is 6.64. The zero-order valence-corrected chi connectivity index (χ0v) is 11.1. The minimum Gasteiger partial charge on any atom is -0.491 e. The third-order valence-corrected chi connectivity index (χ3v) is 3.55. The molecule has 0 radical (unpaired) electrons. The molecule has 0 spiro atoms. The summed E-state index contributed by atoms with van der Waals surface area (Å²) in [5.41, 5.74) is 6.37. The fourth-order valence-corrected chi connectivity index (χ4v) is 2.33. The predicted molar refractivity (Wildman–Crippen MR) is 73.7 cm³/mol. The number of nitrogen functional groups attached to an aromatic ring is 1. The van der Waals surface area contributed by atoms with Crippen LogP contribution in [0.15, 0.2) is 24.3 Å². The van der Waals surface area contributed by atoms with Gasteiger partial charge in [0, 0.05) is 5.69 Å². The molecule has 3 heteroatoms. The lowest BCUT2D eigenvalue weighted by Gasteiger charge is -2.26. The Hall–Kier alpha value is -1.22. The van der Waals surface area contributed by atoms with Crippen molar-refractivity contribution in [3.63, 3.8) is 0 Å². The summed E-state index contributed by atoms with van der Waals surface area (Å²) in [6, 6.07) is 7.46. The van der Waals surface area contributed by atoms with Crippen LogP contribution < -0.4 is 10.5 Å². The van der Waals surface area contributed by atoms with Gasteiger partial charge in [0.25, 0.3) is 0 Å². The van der Waals surface area contributed by atoms with E-state index in [1.807, 2.05) is 24.3 Å². The lowest BCUT2D eigenvalue weighted by molar-refractivity contribution is 0.00571. The molecule has 1 fully saturated rings. The average molecular weight is 249 g/mol. The second-order valence-corrected chi connectivity index (χ2v) is 5.17. The fourth-order valence-electron chi connectivity index (χ4n) is 2.33. The normalized spacial score (nSPS) is 23.8. The minimum atomic E-state index is 0.441. The Bertz CT molecular complexity index is 342. The molecule has 0 aromatic heterocycles. The monoisotopic (exact) mass is 249 g/mol. The molecule has 2 rings (SSSR count). The van der Waals surface area contributed by atoms with Gasteiger partial charge in [0.1, 0.15) is 12.4 Å². The molecule has 1 aromatic carbocycles. The molecule has 0 unspecified atom stereocenters. The Balaban J connectivity index is 1.60. The van der Waals surface area contributed by atoms with Crippen LogP contribution in [-0.4, -0.2) is 19.3 Å². The van der Waals surface area contributed by atoms with Crippen molar-refractivity contribution in [3.8, 4) is 5.75 Å². The van der Waals surface area contributed by atoms with Gasteiger partial charge in [-0.25, -0.2) is 0 Å². The van der Waals surface area contributed by atoms with Gasteiger partial charge in [0.05, 0.1) is 12.7 Å². The third-order valence-electron chi connectivity index (χ3n) is 3.55. The van der Waals surface area contributed by atoms with Gasteiger partial charge in [-0.2, -0.15) is 0 Å². The lowest BCUT2D eigenvalue weighted by Crippen LogP contribution is -2.22. The molecule has 1 saturated carbocycles. The summed E-state index contributed by atoms with van der Waals surface area (Å²) >= 11 is 0. The van der Waals surface area contributed by atoms with Crippen LogP contribution in [0.1, 0.15) is 32.6 Å². The van der Waals surface area contributed by atoms with E-state index in [0.29, 0.717) is 19.3 Å². The zero-order chi connectivity index (χ0) is 12.8. The van der Waals surface area contributed by atoms with Gasteiger partial charge in [0.2, 0.25) is 0 Å². The molecule has 1 aliphatic carbocycles. The van der Waals surface area contributed by atoms with Gasteiger partial charge in [0.15, 0.2) is 0 Å². The van der Waals surface area contributed by atoms with E-state index in [9.17, 15) is 0 Å². The van der Waals surface area contributed by atoms with Gasteiger partial charge >= 0.3 is 0 Å². The van der Waals surface area contributed by atoms with Crippen molar-refractivity contribution in [2.45, 2.75) is 38.7 Å². The Morgan fingerprint density at radius 3 is 2.39 bits per heavy atom. The Morgan fingerprint density at radius 1 is 1.06 bits per heavy atom. The van der Waals surface area contributed by atoms with E-state index >= 15 is 0 Å². The highest BCUT2D eigenvalue weighted by molar-refractivity contribution is 5.41. The fraction of sp³-hybridized carbons (Fsp3) is 0.600. The summed E-state index contributed by atoms with van der Waals surface area (Å²) in [5, 5.41) is 0. The largest absolute Gasteiger partial charge is 0.491 e. The molecular weight excluding hydrogens is 226 g/mol. The number of nitrogens with two attached hydrogens (primary N) is 1. The molecule has 100 valence electrons. The first-order chi connectivity index (χ1) is 8.74. The first-order valence-electron chi connectivity index (χ1n) is 6.84. The number of rotatable bonds is 5. The first-order valence-corrected chi connectivity index (χ1v) is 6.84. The van der Waals surface area contributed by atoms with E-state index in [-0.39, 0.29) is 0 Å². The smallest absolute Gasteiger partial charge is 0.119 e. The maximum Gasteiger partial charge on any atom is 0.119 e. The summed E-state index contributed by atoms with van der Waals surface area (Å²) in [6.07, 6.45) is 5.43. The molecule has 18 heavy (non-hydrogen) atoms. The minimum absolute atomic E-state index is 0.441. The Morgan fingerprint density at radius 2 is 1.72 bits per heavy atom. The maximum atomic E-state index is 5.83. The SMILES string of the molecule is CC1CCC(OCCOc2ccc(N)cc2)CC1. The molecule has 2 N–H and O–H groups in total. The maximum absolute atomic E-state index is 5.83. The number of benzene rings is 1. The summed E-state index contributed by atoms with van der Waals surface area (Å²) in [6.45, 7) is 3.60. The number of hydrogen-bond donors (Lipinski definition) is 1. The van der Waals surface area contributed by atoms with Gasteiger partial charge in [-0.15, -0.1) is 0 Å². The Kier molecular flexibility index (Phi) is 4.88. The quantitative estimate of drug-likeness (QED) is 0.643. The number of anilines is 1. The highest BCUT2D eigenvalue weighted by Gasteiger charge is 2.18. The molecular formula is C15H23NO2. The standard InChI is InChI=1S/C15H23NO2/c1-12-2-6-14(7-3-12)17-10-11-18-15-8-4-13(16)5-9-15/h4-5,8-9,12,14H,2-3,6-7,10-11,16H2,1H3. The molecule has 1 aromatic rings. The summed E-state index contributed by atoms with van der Waals surface area (Å²) in [5.74, 6) is 1.72. The lowest BCUT2D eigenvalue weighted by atomic mass is 9.89. The van der Waals surface area contributed by atoms with Crippen LogP contribution in [0.2, 0.25) is 0 Å². The van der Waals surface area contributed by atoms with Gasteiger partial charge in [-0.05, 0) is 55.9 Å². The topological polar surface area (TPSA) is 44.5 Å². The molecule has 0 bridgehead atoms. The molecule has 3 nitrogen and oxygen atoms in total. The van der Waals surface area contributed by atoms with E-state index in [2.05, 4.69) is 6.92 Å². The van der Waals surface area contributed by atoms with E-state index < -0.39 is 0 Å². The predicted octanol–water partition coefficient (Wildman–Crippen LogP) is 3.24. The van der Waals surface area contributed by atoms with Crippen molar-refractivity contribution in [3.05, 3.63) is 24.3 Å². The van der Waals surface area contributed by atoms with E-state index in [1.165, 1.54) is 25.7 Å². The van der Waals surface area contributed by atoms with Crippen molar-refractivity contribution in [2.75, 3.05) is 18.9 Å². The van der Waals surface area contributed by atoms with E-state index in [4.69, 9.17) is 15.2 Å². The van der Waals surface area contributed by atoms with Crippen molar-refractivity contribution in [1.82, 2.24) is 0 Å². The van der Waals surface area contributed by atoms with Crippen LogP contribution in [0.4, 0.5) is 5.69 Å². The van der Waals surface area contributed by atoms with Gasteiger partial charge in [-0.1, -0.05) is 6.92 Å². The van der Waals surface area contributed by atoms with E-state index in [0.717, 1.165) is 17.4 Å². The van der Waals surface area contributed by atoms with Crippen molar-refractivity contribution < 1.29 is 9.47 Å². The summed E-state index contributed by atoms with van der Waals surface area (Å²) in [4.78, 5) is 0. The highest BCUT2D eigenvalue weighted by atomic mass is 16.5. The first kappa shape index (κ1) is 13.2. The van der Waals surface area contributed by atoms with Gasteiger partial charge < -0.3 is 15.2 Å². The molecule has 0 heterocycles. The van der Waals surface area contributed by atoms with Crippen LogP contribution in [0, 0.1) is 5.92 Å². The number of ether oxygens (including phenoxy) is 2. The molecule has 0 saturated heterocycles. The third kappa shape index (κ3) is 4.22. The Labute approximate surface area is 109 Å². The molecule has 1 aliphatic rings. The highest BCUT2D eigenvalue weighted by Crippen LogP contribution is 2.25. The van der Waals surface area contributed by atoms with E-state index in [1.54, 1.807) is 0 Å². The molecule has 0 amide bonds. The van der Waals surface area contributed by atoms with Crippen LogP contribution in [0.5, 0.6) is 5.75 Å². The molecule has 0 aliphatic heterocycles. The number of hydrogen-bond acceptors (Lipinski definition) is 3.